The lowest BCUT2D eigenvalue weighted by Gasteiger charge is -2.04. The zero-order chi connectivity index (χ0) is 15.2. The smallest absolute Gasteiger partial charge is 0.227 e. The molecule has 1 amide bonds. The van der Waals surface area contributed by atoms with Crippen molar-refractivity contribution in [3.05, 3.63) is 46.6 Å². The average Bonchev–Trinajstić information content (AvgIpc) is 2.93. The SMILES string of the molecule is CC(C)c1noc(CCC(=O)NCc2ccc(Cl)cc2)n1. The molecule has 0 radical (unpaired) electrons. The van der Waals surface area contributed by atoms with E-state index in [0.717, 1.165) is 5.56 Å². The van der Waals surface area contributed by atoms with Crippen LogP contribution in [-0.2, 0) is 17.8 Å². The van der Waals surface area contributed by atoms with Crippen LogP contribution in [0, 0.1) is 0 Å². The molecular weight excluding hydrogens is 290 g/mol. The van der Waals surface area contributed by atoms with Crippen molar-refractivity contribution in [3.63, 3.8) is 0 Å². The first kappa shape index (κ1) is 15.5. The molecular formula is C15H18ClN3O2. The number of halogens is 1. The summed E-state index contributed by atoms with van der Waals surface area (Å²) in [6, 6.07) is 7.37. The van der Waals surface area contributed by atoms with E-state index in [1.54, 1.807) is 12.1 Å². The van der Waals surface area contributed by atoms with Crippen molar-refractivity contribution in [1.82, 2.24) is 15.5 Å². The van der Waals surface area contributed by atoms with Gasteiger partial charge in [-0.25, -0.2) is 0 Å². The normalized spacial score (nSPS) is 10.9. The van der Waals surface area contributed by atoms with Crippen LogP contribution in [0.5, 0.6) is 0 Å². The first-order chi connectivity index (χ1) is 10.0. The van der Waals surface area contributed by atoms with E-state index in [1.165, 1.54) is 0 Å². The van der Waals surface area contributed by atoms with Crippen molar-refractivity contribution in [2.75, 3.05) is 0 Å². The monoisotopic (exact) mass is 307 g/mol. The van der Waals surface area contributed by atoms with Gasteiger partial charge in [-0.05, 0) is 17.7 Å². The summed E-state index contributed by atoms with van der Waals surface area (Å²) in [6.45, 7) is 4.47. The Morgan fingerprint density at radius 1 is 1.33 bits per heavy atom. The Morgan fingerprint density at radius 2 is 2.05 bits per heavy atom. The second-order valence-electron chi connectivity index (χ2n) is 5.10. The van der Waals surface area contributed by atoms with E-state index in [9.17, 15) is 4.79 Å². The zero-order valence-electron chi connectivity index (χ0n) is 12.1. The van der Waals surface area contributed by atoms with Crippen molar-refractivity contribution < 1.29 is 9.32 Å². The summed E-state index contributed by atoms with van der Waals surface area (Å²) in [5.41, 5.74) is 1.01. The maximum atomic E-state index is 11.8. The van der Waals surface area contributed by atoms with Crippen molar-refractivity contribution in [3.8, 4) is 0 Å². The van der Waals surface area contributed by atoms with E-state index in [4.69, 9.17) is 16.1 Å². The van der Waals surface area contributed by atoms with Gasteiger partial charge in [0, 0.05) is 30.3 Å². The van der Waals surface area contributed by atoms with Gasteiger partial charge in [-0.1, -0.05) is 42.7 Å². The largest absolute Gasteiger partial charge is 0.352 e. The maximum Gasteiger partial charge on any atom is 0.227 e. The molecule has 2 rings (SSSR count). The summed E-state index contributed by atoms with van der Waals surface area (Å²) >= 11 is 5.81. The standard InChI is InChI=1S/C15H18ClN3O2/c1-10(2)15-18-14(21-19-15)8-7-13(20)17-9-11-3-5-12(16)6-4-11/h3-6,10H,7-9H2,1-2H3,(H,17,20). The molecule has 112 valence electrons. The van der Waals surface area contributed by atoms with Crippen LogP contribution < -0.4 is 5.32 Å². The number of benzene rings is 1. The lowest BCUT2D eigenvalue weighted by atomic mass is 10.2. The molecule has 0 unspecified atom stereocenters. The summed E-state index contributed by atoms with van der Waals surface area (Å²) in [6.07, 6.45) is 0.777. The Labute approximate surface area is 128 Å². The summed E-state index contributed by atoms with van der Waals surface area (Å²) in [5, 5.41) is 7.39. The molecule has 0 atom stereocenters. The second kappa shape index (κ2) is 7.22. The predicted octanol–water partition coefficient (Wildman–Crippen LogP) is 3.10. The zero-order valence-corrected chi connectivity index (χ0v) is 12.9. The second-order valence-corrected chi connectivity index (χ2v) is 5.54. The Bertz CT molecular complexity index is 593. The quantitative estimate of drug-likeness (QED) is 0.890. The minimum atomic E-state index is -0.0470. The van der Waals surface area contributed by atoms with Crippen LogP contribution >= 0.6 is 11.6 Å². The van der Waals surface area contributed by atoms with Crippen LogP contribution in [0.4, 0.5) is 0 Å². The number of hydrogen-bond donors (Lipinski definition) is 1. The highest BCUT2D eigenvalue weighted by Crippen LogP contribution is 2.11. The molecule has 0 aliphatic rings. The Kier molecular flexibility index (Phi) is 5.33. The molecule has 21 heavy (non-hydrogen) atoms. The highest BCUT2D eigenvalue weighted by atomic mass is 35.5. The average molecular weight is 308 g/mol. The van der Waals surface area contributed by atoms with Crippen LogP contribution in [0.3, 0.4) is 0 Å². The molecule has 0 aliphatic carbocycles. The van der Waals surface area contributed by atoms with Crippen LogP contribution in [-0.4, -0.2) is 16.0 Å². The molecule has 5 nitrogen and oxygen atoms in total. The Morgan fingerprint density at radius 3 is 2.67 bits per heavy atom. The fourth-order valence-corrected chi connectivity index (χ4v) is 1.84. The first-order valence-electron chi connectivity index (χ1n) is 6.88. The molecule has 1 aromatic heterocycles. The van der Waals surface area contributed by atoms with Gasteiger partial charge in [-0.3, -0.25) is 4.79 Å². The van der Waals surface area contributed by atoms with Crippen molar-refractivity contribution in [2.45, 2.75) is 39.2 Å². The van der Waals surface area contributed by atoms with E-state index in [-0.39, 0.29) is 11.8 Å². The summed E-state index contributed by atoms with van der Waals surface area (Å²) < 4.78 is 5.10. The molecule has 0 saturated carbocycles. The van der Waals surface area contributed by atoms with Crippen molar-refractivity contribution in [2.24, 2.45) is 0 Å². The number of amides is 1. The molecule has 1 N–H and O–H groups in total. The number of rotatable bonds is 6. The number of carbonyl (C=O) groups excluding carboxylic acids is 1. The number of nitrogens with zero attached hydrogens (tertiary/aromatic N) is 2. The highest BCUT2D eigenvalue weighted by molar-refractivity contribution is 6.30. The number of aryl methyl sites for hydroxylation is 1. The number of carbonyl (C=O) groups is 1. The Hall–Kier alpha value is -1.88. The van der Waals surface area contributed by atoms with Crippen molar-refractivity contribution >= 4 is 17.5 Å². The third-order valence-electron chi connectivity index (χ3n) is 2.97. The third kappa shape index (κ3) is 4.86. The highest BCUT2D eigenvalue weighted by Gasteiger charge is 2.11. The molecule has 2 aromatic rings. The molecule has 0 bridgehead atoms. The third-order valence-corrected chi connectivity index (χ3v) is 3.22. The molecule has 0 aliphatic heterocycles. The van der Waals surface area contributed by atoms with Gasteiger partial charge in [0.2, 0.25) is 11.8 Å². The van der Waals surface area contributed by atoms with Crippen molar-refractivity contribution in [1.29, 1.82) is 0 Å². The van der Waals surface area contributed by atoms with Gasteiger partial charge in [-0.2, -0.15) is 4.98 Å². The van der Waals surface area contributed by atoms with Gasteiger partial charge >= 0.3 is 0 Å². The predicted molar refractivity (Wildman–Crippen MR) is 80.0 cm³/mol. The minimum absolute atomic E-state index is 0.0470. The van der Waals surface area contributed by atoms with Gasteiger partial charge in [-0.15, -0.1) is 0 Å². The lowest BCUT2D eigenvalue weighted by Crippen LogP contribution is -2.23. The van der Waals surface area contributed by atoms with Gasteiger partial charge in [0.1, 0.15) is 0 Å². The van der Waals surface area contributed by atoms with Crippen LogP contribution in [0.25, 0.3) is 0 Å². The fourth-order valence-electron chi connectivity index (χ4n) is 1.72. The minimum Gasteiger partial charge on any atom is -0.352 e. The molecule has 0 saturated heterocycles. The summed E-state index contributed by atoms with van der Waals surface area (Å²) in [4.78, 5) is 16.0. The van der Waals surface area contributed by atoms with Crippen LogP contribution in [0.1, 0.15) is 43.5 Å². The molecule has 1 aromatic carbocycles. The van der Waals surface area contributed by atoms with Crippen LogP contribution in [0.15, 0.2) is 28.8 Å². The molecule has 0 fully saturated rings. The topological polar surface area (TPSA) is 68.0 Å². The van der Waals surface area contributed by atoms with E-state index in [2.05, 4.69) is 15.5 Å². The molecule has 0 spiro atoms. The maximum absolute atomic E-state index is 11.8. The van der Waals surface area contributed by atoms with E-state index in [0.29, 0.717) is 36.1 Å². The van der Waals surface area contributed by atoms with Gasteiger partial charge < -0.3 is 9.84 Å². The number of nitrogens with one attached hydrogen (secondary N) is 1. The van der Waals surface area contributed by atoms with Gasteiger partial charge in [0.15, 0.2) is 5.82 Å². The Balaban J connectivity index is 1.75. The summed E-state index contributed by atoms with van der Waals surface area (Å²) in [5.74, 6) is 1.35. The number of hydrogen-bond acceptors (Lipinski definition) is 4. The molecule has 6 heteroatoms. The van der Waals surface area contributed by atoms with E-state index < -0.39 is 0 Å². The van der Waals surface area contributed by atoms with Gasteiger partial charge in [0.05, 0.1) is 0 Å². The lowest BCUT2D eigenvalue weighted by molar-refractivity contribution is -0.121. The van der Waals surface area contributed by atoms with E-state index in [1.807, 2.05) is 26.0 Å². The first-order valence-corrected chi connectivity index (χ1v) is 7.26. The molecule has 1 heterocycles. The van der Waals surface area contributed by atoms with E-state index >= 15 is 0 Å². The number of aromatic nitrogens is 2. The summed E-state index contributed by atoms with van der Waals surface area (Å²) in [7, 11) is 0. The van der Waals surface area contributed by atoms with Crippen LogP contribution in [0.2, 0.25) is 5.02 Å². The van der Waals surface area contributed by atoms with Gasteiger partial charge in [0.25, 0.3) is 0 Å². The fraction of sp³-hybridized carbons (Fsp3) is 0.400.